The number of aromatic nitrogens is 1. The minimum Gasteiger partial charge on any atom is -0.492 e. The van der Waals surface area contributed by atoms with Crippen LogP contribution in [0.15, 0.2) is 42.7 Å². The maximum atomic E-state index is 8.93. The highest BCUT2D eigenvalue weighted by Crippen LogP contribution is 2.13. The SMILES string of the molecule is Cc1cccc(OCCNc2cnccc2C#N)c1. The molecule has 4 heteroatoms. The number of hydrogen-bond donors (Lipinski definition) is 1. The molecule has 0 aliphatic heterocycles. The van der Waals surface area contributed by atoms with Crippen molar-refractivity contribution in [1.82, 2.24) is 4.98 Å². The third-order valence-electron chi connectivity index (χ3n) is 2.62. The van der Waals surface area contributed by atoms with Gasteiger partial charge in [-0.1, -0.05) is 12.1 Å². The highest BCUT2D eigenvalue weighted by Gasteiger charge is 2.00. The molecular weight excluding hydrogens is 238 g/mol. The lowest BCUT2D eigenvalue weighted by Gasteiger charge is -2.09. The summed E-state index contributed by atoms with van der Waals surface area (Å²) in [4.78, 5) is 3.99. The number of hydrogen-bond acceptors (Lipinski definition) is 4. The molecule has 1 aromatic carbocycles. The van der Waals surface area contributed by atoms with Crippen LogP contribution in [-0.2, 0) is 0 Å². The molecular formula is C15H15N3O. The van der Waals surface area contributed by atoms with Gasteiger partial charge in [-0.05, 0) is 30.7 Å². The van der Waals surface area contributed by atoms with E-state index in [1.807, 2.05) is 31.2 Å². The van der Waals surface area contributed by atoms with E-state index < -0.39 is 0 Å². The summed E-state index contributed by atoms with van der Waals surface area (Å²) in [5, 5.41) is 12.1. The zero-order valence-electron chi connectivity index (χ0n) is 10.8. The van der Waals surface area contributed by atoms with Crippen LogP contribution in [0, 0.1) is 18.3 Å². The van der Waals surface area contributed by atoms with Gasteiger partial charge in [0.1, 0.15) is 18.4 Å². The number of rotatable bonds is 5. The van der Waals surface area contributed by atoms with Crippen LogP contribution in [0.3, 0.4) is 0 Å². The predicted molar refractivity (Wildman–Crippen MR) is 74.1 cm³/mol. The Kier molecular flexibility index (Phi) is 4.35. The molecule has 96 valence electrons. The number of aryl methyl sites for hydroxylation is 1. The van der Waals surface area contributed by atoms with Crippen LogP contribution in [0.1, 0.15) is 11.1 Å². The highest BCUT2D eigenvalue weighted by atomic mass is 16.5. The van der Waals surface area contributed by atoms with Crippen LogP contribution in [0.5, 0.6) is 5.75 Å². The Bertz CT molecular complexity index is 590. The molecule has 1 heterocycles. The predicted octanol–water partition coefficient (Wildman–Crippen LogP) is 2.75. The standard InChI is InChI=1S/C15H15N3O/c1-12-3-2-4-14(9-12)19-8-7-18-15-11-17-6-5-13(15)10-16/h2-6,9,11,18H,7-8H2,1H3. The highest BCUT2D eigenvalue weighted by molar-refractivity contribution is 5.55. The van der Waals surface area contributed by atoms with Crippen LogP contribution in [0.2, 0.25) is 0 Å². The van der Waals surface area contributed by atoms with Crippen molar-refractivity contribution in [2.24, 2.45) is 0 Å². The zero-order chi connectivity index (χ0) is 13.5. The molecule has 1 N–H and O–H groups in total. The summed E-state index contributed by atoms with van der Waals surface area (Å²) in [6.07, 6.45) is 3.25. The van der Waals surface area contributed by atoms with Crippen LogP contribution in [0.4, 0.5) is 5.69 Å². The largest absolute Gasteiger partial charge is 0.492 e. The van der Waals surface area contributed by atoms with Gasteiger partial charge in [0, 0.05) is 12.7 Å². The van der Waals surface area contributed by atoms with Crippen LogP contribution in [0.25, 0.3) is 0 Å². The molecule has 2 aromatic rings. The van der Waals surface area contributed by atoms with Crippen LogP contribution >= 0.6 is 0 Å². The monoisotopic (exact) mass is 253 g/mol. The van der Waals surface area contributed by atoms with Crippen molar-refractivity contribution >= 4 is 5.69 Å². The van der Waals surface area contributed by atoms with Crippen molar-refractivity contribution in [1.29, 1.82) is 5.26 Å². The van der Waals surface area contributed by atoms with Gasteiger partial charge in [0.25, 0.3) is 0 Å². The summed E-state index contributed by atoms with van der Waals surface area (Å²) < 4.78 is 5.62. The van der Waals surface area contributed by atoms with Crippen molar-refractivity contribution < 1.29 is 4.74 Å². The van der Waals surface area contributed by atoms with Crippen molar-refractivity contribution in [2.75, 3.05) is 18.5 Å². The minimum absolute atomic E-state index is 0.531. The van der Waals surface area contributed by atoms with Crippen LogP contribution < -0.4 is 10.1 Å². The van der Waals surface area contributed by atoms with Gasteiger partial charge in [0.15, 0.2) is 0 Å². The van der Waals surface area contributed by atoms with E-state index in [9.17, 15) is 0 Å². The average molecular weight is 253 g/mol. The van der Waals surface area contributed by atoms with Crippen molar-refractivity contribution in [3.05, 3.63) is 53.9 Å². The van der Waals surface area contributed by atoms with Gasteiger partial charge in [-0.25, -0.2) is 0 Å². The molecule has 4 nitrogen and oxygen atoms in total. The van der Waals surface area contributed by atoms with E-state index in [0.29, 0.717) is 18.7 Å². The quantitative estimate of drug-likeness (QED) is 0.832. The summed E-state index contributed by atoms with van der Waals surface area (Å²) >= 11 is 0. The van der Waals surface area contributed by atoms with E-state index in [4.69, 9.17) is 10.00 Å². The van der Waals surface area contributed by atoms with E-state index >= 15 is 0 Å². The van der Waals surface area contributed by atoms with E-state index in [1.54, 1.807) is 18.5 Å². The van der Waals surface area contributed by atoms with Gasteiger partial charge in [0.2, 0.25) is 0 Å². The summed E-state index contributed by atoms with van der Waals surface area (Å²) in [6, 6.07) is 11.7. The molecule has 0 radical (unpaired) electrons. The Morgan fingerprint density at radius 2 is 2.26 bits per heavy atom. The molecule has 19 heavy (non-hydrogen) atoms. The number of nitrogens with zero attached hydrogens (tertiary/aromatic N) is 2. The molecule has 0 saturated heterocycles. The number of pyridine rings is 1. The fourth-order valence-electron chi connectivity index (χ4n) is 1.69. The van der Waals surface area contributed by atoms with E-state index in [1.165, 1.54) is 5.56 Å². The Balaban J connectivity index is 1.83. The molecule has 0 saturated carbocycles. The first kappa shape index (κ1) is 12.9. The molecule has 1 aromatic heterocycles. The first-order valence-electron chi connectivity index (χ1n) is 6.07. The summed E-state index contributed by atoms with van der Waals surface area (Å²) in [7, 11) is 0. The van der Waals surface area contributed by atoms with Gasteiger partial charge in [-0.2, -0.15) is 5.26 Å². The molecule has 0 atom stereocenters. The van der Waals surface area contributed by atoms with Crippen molar-refractivity contribution in [3.8, 4) is 11.8 Å². The third kappa shape index (κ3) is 3.71. The lowest BCUT2D eigenvalue weighted by atomic mass is 10.2. The van der Waals surface area contributed by atoms with Gasteiger partial charge in [-0.15, -0.1) is 0 Å². The normalized spacial score (nSPS) is 9.68. The Hall–Kier alpha value is -2.54. The topological polar surface area (TPSA) is 57.9 Å². The van der Waals surface area contributed by atoms with Gasteiger partial charge >= 0.3 is 0 Å². The van der Waals surface area contributed by atoms with Gasteiger partial charge in [0.05, 0.1) is 17.4 Å². The van der Waals surface area contributed by atoms with Gasteiger partial charge in [-0.3, -0.25) is 4.98 Å². The number of anilines is 1. The summed E-state index contributed by atoms with van der Waals surface area (Å²) in [6.45, 7) is 3.18. The molecule has 0 bridgehead atoms. The zero-order valence-corrected chi connectivity index (χ0v) is 10.8. The van der Waals surface area contributed by atoms with E-state index in [-0.39, 0.29) is 0 Å². The fraction of sp³-hybridized carbons (Fsp3) is 0.200. The molecule has 0 aliphatic carbocycles. The van der Waals surface area contributed by atoms with Crippen LogP contribution in [-0.4, -0.2) is 18.1 Å². The number of nitriles is 1. The van der Waals surface area contributed by atoms with Crippen molar-refractivity contribution in [3.63, 3.8) is 0 Å². The Morgan fingerprint density at radius 1 is 1.37 bits per heavy atom. The second kappa shape index (κ2) is 6.41. The summed E-state index contributed by atoms with van der Waals surface area (Å²) in [5.41, 5.74) is 2.49. The van der Waals surface area contributed by atoms with E-state index in [0.717, 1.165) is 11.4 Å². The first-order chi connectivity index (χ1) is 9.29. The lowest BCUT2D eigenvalue weighted by molar-refractivity contribution is 0.332. The maximum Gasteiger partial charge on any atom is 0.119 e. The first-order valence-corrected chi connectivity index (χ1v) is 6.07. The Labute approximate surface area is 112 Å². The van der Waals surface area contributed by atoms with Gasteiger partial charge < -0.3 is 10.1 Å². The second-order valence-corrected chi connectivity index (χ2v) is 4.12. The Morgan fingerprint density at radius 3 is 3.05 bits per heavy atom. The molecule has 2 rings (SSSR count). The third-order valence-corrected chi connectivity index (χ3v) is 2.62. The average Bonchev–Trinajstić information content (AvgIpc) is 2.44. The summed E-state index contributed by atoms with van der Waals surface area (Å²) in [5.74, 6) is 0.855. The molecule has 0 amide bonds. The molecule has 0 aliphatic rings. The molecule has 0 unspecified atom stereocenters. The second-order valence-electron chi connectivity index (χ2n) is 4.12. The van der Waals surface area contributed by atoms with Crippen molar-refractivity contribution in [2.45, 2.75) is 6.92 Å². The molecule has 0 spiro atoms. The fourth-order valence-corrected chi connectivity index (χ4v) is 1.69. The number of ether oxygens (including phenoxy) is 1. The lowest BCUT2D eigenvalue weighted by Crippen LogP contribution is -2.12. The number of nitrogens with one attached hydrogen (secondary N) is 1. The maximum absolute atomic E-state index is 8.93. The smallest absolute Gasteiger partial charge is 0.119 e. The van der Waals surface area contributed by atoms with E-state index in [2.05, 4.69) is 16.4 Å². The molecule has 0 fully saturated rings. The number of benzene rings is 1. The minimum atomic E-state index is 0.531.